The van der Waals surface area contributed by atoms with E-state index in [4.69, 9.17) is 16.7 Å². The molecule has 5 heteroatoms. The molecule has 1 aromatic carbocycles. The number of amides is 1. The van der Waals surface area contributed by atoms with Gasteiger partial charge in [-0.05, 0) is 37.0 Å². The van der Waals surface area contributed by atoms with Gasteiger partial charge >= 0.3 is 5.97 Å². The Morgan fingerprint density at radius 3 is 2.63 bits per heavy atom. The summed E-state index contributed by atoms with van der Waals surface area (Å²) < 4.78 is 0. The molecule has 0 unspecified atom stereocenters. The topological polar surface area (TPSA) is 66.4 Å². The van der Waals surface area contributed by atoms with Gasteiger partial charge in [0, 0.05) is 17.9 Å². The van der Waals surface area contributed by atoms with Crippen LogP contribution in [0.5, 0.6) is 0 Å². The van der Waals surface area contributed by atoms with Gasteiger partial charge in [-0.25, -0.2) is 0 Å². The summed E-state index contributed by atoms with van der Waals surface area (Å²) in [6, 6.07) is 7.49. The minimum atomic E-state index is -0.872. The molecule has 0 aliphatic heterocycles. The fraction of sp³-hybridized carbons (Fsp3) is 0.429. The van der Waals surface area contributed by atoms with E-state index in [-0.39, 0.29) is 24.3 Å². The zero-order chi connectivity index (χ0) is 13.9. The highest BCUT2D eigenvalue weighted by Gasteiger charge is 2.45. The van der Waals surface area contributed by atoms with E-state index < -0.39 is 5.97 Å². The zero-order valence-electron chi connectivity index (χ0n) is 10.5. The Hall–Kier alpha value is -1.55. The second-order valence-electron chi connectivity index (χ2n) is 4.89. The van der Waals surface area contributed by atoms with Crippen LogP contribution < -0.4 is 5.32 Å². The van der Waals surface area contributed by atoms with E-state index in [0.717, 1.165) is 18.4 Å². The van der Waals surface area contributed by atoms with Crippen LogP contribution in [0.1, 0.15) is 37.7 Å². The van der Waals surface area contributed by atoms with Crippen molar-refractivity contribution < 1.29 is 14.7 Å². The lowest BCUT2D eigenvalue weighted by Crippen LogP contribution is -2.34. The molecule has 102 valence electrons. The van der Waals surface area contributed by atoms with E-state index in [1.807, 2.05) is 18.2 Å². The number of carboxylic acids is 1. The number of rotatable bonds is 6. The highest BCUT2D eigenvalue weighted by atomic mass is 35.5. The Kier molecular flexibility index (Phi) is 4.10. The molecule has 1 aliphatic carbocycles. The van der Waals surface area contributed by atoms with Crippen LogP contribution in [0.2, 0.25) is 5.02 Å². The Balaban J connectivity index is 1.91. The molecular formula is C14H16ClNO3. The predicted octanol–water partition coefficient (Wildman–Crippen LogP) is 2.70. The second-order valence-corrected chi connectivity index (χ2v) is 5.32. The zero-order valence-corrected chi connectivity index (χ0v) is 11.2. The summed E-state index contributed by atoms with van der Waals surface area (Å²) in [4.78, 5) is 22.2. The average Bonchev–Trinajstić information content (AvgIpc) is 3.09. The minimum absolute atomic E-state index is 0.0254. The molecule has 4 nitrogen and oxygen atoms in total. The number of carbonyl (C=O) groups excluding carboxylic acids is 1. The van der Waals surface area contributed by atoms with Gasteiger partial charge in [-0.1, -0.05) is 23.7 Å². The fourth-order valence-corrected chi connectivity index (χ4v) is 2.32. The molecule has 2 N–H and O–H groups in total. The number of aliphatic carboxylic acids is 1. The molecule has 2 rings (SSSR count). The number of hydrogen-bond acceptors (Lipinski definition) is 2. The van der Waals surface area contributed by atoms with Crippen LogP contribution >= 0.6 is 11.6 Å². The van der Waals surface area contributed by atoms with E-state index >= 15 is 0 Å². The van der Waals surface area contributed by atoms with Gasteiger partial charge < -0.3 is 10.4 Å². The highest BCUT2D eigenvalue weighted by molar-refractivity contribution is 6.30. The van der Waals surface area contributed by atoms with Gasteiger partial charge in [0.1, 0.15) is 0 Å². The molecule has 1 aliphatic rings. The SMILES string of the molecule is O=C(O)CCCC(=O)NC1(c2cccc(Cl)c2)CC1. The third-order valence-electron chi connectivity index (χ3n) is 3.30. The number of carbonyl (C=O) groups is 2. The monoisotopic (exact) mass is 281 g/mol. The van der Waals surface area contributed by atoms with Gasteiger partial charge in [0.05, 0.1) is 5.54 Å². The van der Waals surface area contributed by atoms with Crippen LogP contribution in [0.4, 0.5) is 0 Å². The van der Waals surface area contributed by atoms with Crippen molar-refractivity contribution in [2.24, 2.45) is 0 Å². The van der Waals surface area contributed by atoms with Crippen molar-refractivity contribution in [3.8, 4) is 0 Å². The molecule has 1 aromatic rings. The van der Waals surface area contributed by atoms with Crippen LogP contribution in [-0.4, -0.2) is 17.0 Å². The van der Waals surface area contributed by atoms with Crippen molar-refractivity contribution in [2.75, 3.05) is 0 Å². The van der Waals surface area contributed by atoms with E-state index in [9.17, 15) is 9.59 Å². The first kappa shape index (κ1) is 13.9. The van der Waals surface area contributed by atoms with Crippen molar-refractivity contribution in [3.63, 3.8) is 0 Å². The van der Waals surface area contributed by atoms with Crippen molar-refractivity contribution >= 4 is 23.5 Å². The van der Waals surface area contributed by atoms with Crippen molar-refractivity contribution in [1.82, 2.24) is 5.32 Å². The summed E-state index contributed by atoms with van der Waals surface area (Å²) in [7, 11) is 0. The summed E-state index contributed by atoms with van der Waals surface area (Å²) >= 11 is 5.96. The highest BCUT2D eigenvalue weighted by Crippen LogP contribution is 2.46. The van der Waals surface area contributed by atoms with E-state index in [1.54, 1.807) is 6.07 Å². The van der Waals surface area contributed by atoms with Crippen LogP contribution in [0, 0.1) is 0 Å². The van der Waals surface area contributed by atoms with Crippen LogP contribution in [0.25, 0.3) is 0 Å². The molecule has 0 radical (unpaired) electrons. The molecular weight excluding hydrogens is 266 g/mol. The molecule has 19 heavy (non-hydrogen) atoms. The summed E-state index contributed by atoms with van der Waals surface area (Å²) in [5.74, 6) is -0.970. The van der Waals surface area contributed by atoms with Crippen LogP contribution in [0.3, 0.4) is 0 Å². The van der Waals surface area contributed by atoms with Crippen molar-refractivity contribution in [2.45, 2.75) is 37.6 Å². The van der Waals surface area contributed by atoms with Gasteiger partial charge in [-0.2, -0.15) is 0 Å². The van der Waals surface area contributed by atoms with E-state index in [2.05, 4.69) is 5.32 Å². The van der Waals surface area contributed by atoms with Gasteiger partial charge in [-0.3, -0.25) is 9.59 Å². The summed E-state index contributed by atoms with van der Waals surface area (Å²) in [6.45, 7) is 0. The third-order valence-corrected chi connectivity index (χ3v) is 3.54. The number of halogens is 1. The maximum atomic E-state index is 11.8. The summed E-state index contributed by atoms with van der Waals surface area (Å²) in [5, 5.41) is 12.2. The molecule has 0 bridgehead atoms. The minimum Gasteiger partial charge on any atom is -0.481 e. The maximum absolute atomic E-state index is 11.8. The average molecular weight is 282 g/mol. The summed E-state index contributed by atoms with van der Waals surface area (Å²) in [5.41, 5.74) is 0.733. The van der Waals surface area contributed by atoms with Gasteiger partial charge in [-0.15, -0.1) is 0 Å². The predicted molar refractivity (Wildman–Crippen MR) is 72.0 cm³/mol. The molecule has 1 saturated carbocycles. The van der Waals surface area contributed by atoms with Crippen LogP contribution in [-0.2, 0) is 15.1 Å². The number of carboxylic acid groups (broad SMARTS) is 1. The smallest absolute Gasteiger partial charge is 0.303 e. The lowest BCUT2D eigenvalue weighted by molar-refractivity contribution is -0.137. The largest absolute Gasteiger partial charge is 0.481 e. The van der Waals surface area contributed by atoms with Crippen LogP contribution in [0.15, 0.2) is 24.3 Å². The third kappa shape index (κ3) is 3.70. The molecule has 0 saturated heterocycles. The lowest BCUT2D eigenvalue weighted by Gasteiger charge is -2.18. The molecule has 0 spiro atoms. The first-order valence-electron chi connectivity index (χ1n) is 6.31. The normalized spacial score (nSPS) is 15.8. The van der Waals surface area contributed by atoms with Gasteiger partial charge in [0.25, 0.3) is 0 Å². The number of nitrogens with one attached hydrogen (secondary N) is 1. The standard InChI is InChI=1S/C14H16ClNO3/c15-11-4-1-3-10(9-11)14(7-8-14)16-12(17)5-2-6-13(18)19/h1,3-4,9H,2,5-8H2,(H,16,17)(H,18,19). The fourth-order valence-electron chi connectivity index (χ4n) is 2.13. The van der Waals surface area contributed by atoms with Gasteiger partial charge in [0.2, 0.25) is 5.91 Å². The Labute approximate surface area is 116 Å². The van der Waals surface area contributed by atoms with Crippen molar-refractivity contribution in [1.29, 1.82) is 0 Å². The quantitative estimate of drug-likeness (QED) is 0.842. The maximum Gasteiger partial charge on any atom is 0.303 e. The Morgan fingerprint density at radius 1 is 1.32 bits per heavy atom. The van der Waals surface area contributed by atoms with E-state index in [1.165, 1.54) is 0 Å². The number of benzene rings is 1. The summed E-state index contributed by atoms with van der Waals surface area (Å²) in [6.07, 6.45) is 2.44. The first-order valence-corrected chi connectivity index (χ1v) is 6.68. The van der Waals surface area contributed by atoms with Crippen molar-refractivity contribution in [3.05, 3.63) is 34.9 Å². The second kappa shape index (κ2) is 5.61. The molecule has 1 fully saturated rings. The first-order chi connectivity index (χ1) is 9.02. The molecule has 0 atom stereocenters. The Bertz CT molecular complexity index is 497. The van der Waals surface area contributed by atoms with E-state index in [0.29, 0.717) is 11.4 Å². The molecule has 1 amide bonds. The molecule has 0 heterocycles. The van der Waals surface area contributed by atoms with Gasteiger partial charge in [0.15, 0.2) is 0 Å². The molecule has 0 aromatic heterocycles. The lowest BCUT2D eigenvalue weighted by atomic mass is 10.0. The Morgan fingerprint density at radius 2 is 2.05 bits per heavy atom. The number of hydrogen-bond donors (Lipinski definition) is 2.